The average Bonchev–Trinajstić information content (AvgIpc) is 3.67. The van der Waals surface area contributed by atoms with Gasteiger partial charge in [0.05, 0.1) is 29.7 Å². The van der Waals surface area contributed by atoms with Crippen molar-refractivity contribution in [3.05, 3.63) is 70.0 Å². The second-order valence-corrected chi connectivity index (χ2v) is 10.8. The Morgan fingerprint density at radius 1 is 1.17 bits per heavy atom. The molecule has 12 heteroatoms. The van der Waals surface area contributed by atoms with Crippen molar-refractivity contribution in [3.8, 4) is 5.88 Å². The fourth-order valence-electron chi connectivity index (χ4n) is 5.39. The van der Waals surface area contributed by atoms with Crippen molar-refractivity contribution in [2.75, 3.05) is 18.5 Å². The normalized spacial score (nSPS) is 16.7. The van der Waals surface area contributed by atoms with Crippen molar-refractivity contribution in [2.45, 2.75) is 68.9 Å². The summed E-state index contributed by atoms with van der Waals surface area (Å²) in [5.74, 6) is -0.843. The smallest absolute Gasteiger partial charge is 0.416 e. The number of hydrogen-bond donors (Lipinski definition) is 2. The fourth-order valence-corrected chi connectivity index (χ4v) is 5.39. The summed E-state index contributed by atoms with van der Waals surface area (Å²) in [4.78, 5) is 16.3. The van der Waals surface area contributed by atoms with Gasteiger partial charge in [-0.3, -0.25) is 4.79 Å². The molecule has 1 aliphatic carbocycles. The first-order valence-electron chi connectivity index (χ1n) is 13.6. The van der Waals surface area contributed by atoms with Gasteiger partial charge in [-0.25, -0.2) is 18.4 Å². The maximum absolute atomic E-state index is 13.8. The lowest BCUT2D eigenvalue weighted by molar-refractivity contribution is -0.138. The molecule has 1 unspecified atom stereocenters. The van der Waals surface area contributed by atoms with Crippen LogP contribution in [0, 0.1) is 0 Å². The number of aromatic nitrogens is 3. The van der Waals surface area contributed by atoms with Gasteiger partial charge in [-0.15, -0.1) is 0 Å². The standard InChI is InChI=1S/C29H31F5N4O3/c1-38-24(41-10-6-22-5-4-17-3-2-9-35-26(17)36-22)16-23(37-38)13-19(14-25(39)40)18-11-20(28(7-8-28)27(30)31)15-21(12-18)29(32,33)34/h4-5,11-12,15-16,19,27H,2-3,6-10,13-14H2,1H3,(H,35,36)(H,39,40). The van der Waals surface area contributed by atoms with Gasteiger partial charge in [0.1, 0.15) is 5.82 Å². The highest BCUT2D eigenvalue weighted by Gasteiger charge is 2.53. The van der Waals surface area contributed by atoms with Crippen LogP contribution in [0.1, 0.15) is 65.2 Å². The van der Waals surface area contributed by atoms with Crippen LogP contribution in [0.3, 0.4) is 0 Å². The van der Waals surface area contributed by atoms with Crippen molar-refractivity contribution >= 4 is 11.8 Å². The lowest BCUT2D eigenvalue weighted by Crippen LogP contribution is -2.20. The summed E-state index contributed by atoms with van der Waals surface area (Å²) in [5, 5.41) is 17.2. The molecule has 2 N–H and O–H groups in total. The monoisotopic (exact) mass is 578 g/mol. The first-order valence-corrected chi connectivity index (χ1v) is 13.6. The Labute approximate surface area is 233 Å². The van der Waals surface area contributed by atoms with Crippen LogP contribution < -0.4 is 10.1 Å². The number of hydrogen-bond acceptors (Lipinski definition) is 5. The highest BCUT2D eigenvalue weighted by atomic mass is 19.4. The average molecular weight is 579 g/mol. The predicted octanol–water partition coefficient (Wildman–Crippen LogP) is 5.91. The molecule has 2 aliphatic rings. The summed E-state index contributed by atoms with van der Waals surface area (Å²) in [6, 6.07) is 8.57. The zero-order valence-corrected chi connectivity index (χ0v) is 22.5. The van der Waals surface area contributed by atoms with Crippen LogP contribution in [0.25, 0.3) is 0 Å². The zero-order valence-electron chi connectivity index (χ0n) is 22.5. The van der Waals surface area contributed by atoms with Crippen LogP contribution in [0.4, 0.5) is 27.8 Å². The van der Waals surface area contributed by atoms with Crippen LogP contribution in [0.15, 0.2) is 36.4 Å². The van der Waals surface area contributed by atoms with Crippen molar-refractivity contribution in [1.29, 1.82) is 0 Å². The minimum atomic E-state index is -4.77. The molecule has 5 rings (SSSR count). The van der Waals surface area contributed by atoms with E-state index in [0.717, 1.165) is 43.0 Å². The topological polar surface area (TPSA) is 89.3 Å². The van der Waals surface area contributed by atoms with E-state index in [4.69, 9.17) is 4.74 Å². The number of benzene rings is 1. The third-order valence-corrected chi connectivity index (χ3v) is 7.86. The molecule has 1 atom stereocenters. The highest BCUT2D eigenvalue weighted by molar-refractivity contribution is 5.68. The molecule has 1 aromatic carbocycles. The number of pyridine rings is 1. The van der Waals surface area contributed by atoms with Gasteiger partial charge < -0.3 is 15.2 Å². The first kappa shape index (κ1) is 28.8. The summed E-state index contributed by atoms with van der Waals surface area (Å²) >= 11 is 0. The van der Waals surface area contributed by atoms with Crippen molar-refractivity contribution < 1.29 is 36.6 Å². The van der Waals surface area contributed by atoms with Gasteiger partial charge in [-0.2, -0.15) is 18.3 Å². The van der Waals surface area contributed by atoms with Gasteiger partial charge in [0.25, 0.3) is 0 Å². The van der Waals surface area contributed by atoms with Crippen LogP contribution in [-0.4, -0.2) is 45.4 Å². The Balaban J connectivity index is 1.33. The summed E-state index contributed by atoms with van der Waals surface area (Å²) in [6.45, 7) is 1.19. The molecule has 2 aromatic heterocycles. The van der Waals surface area contributed by atoms with E-state index in [2.05, 4.69) is 21.5 Å². The van der Waals surface area contributed by atoms with E-state index in [1.54, 1.807) is 13.1 Å². The second-order valence-electron chi connectivity index (χ2n) is 10.8. The predicted molar refractivity (Wildman–Crippen MR) is 141 cm³/mol. The minimum Gasteiger partial charge on any atom is -0.481 e. The molecule has 0 saturated heterocycles. The van der Waals surface area contributed by atoms with E-state index in [0.29, 0.717) is 24.6 Å². The molecule has 0 bridgehead atoms. The van der Waals surface area contributed by atoms with Crippen molar-refractivity contribution in [3.63, 3.8) is 0 Å². The summed E-state index contributed by atoms with van der Waals surface area (Å²) in [6.07, 6.45) is -5.35. The largest absolute Gasteiger partial charge is 0.481 e. The summed E-state index contributed by atoms with van der Waals surface area (Å²) in [5.41, 5.74) is -0.295. The fraction of sp³-hybridized carbons (Fsp3) is 0.483. The van der Waals surface area contributed by atoms with E-state index in [9.17, 15) is 31.9 Å². The van der Waals surface area contributed by atoms with Gasteiger partial charge in [0.15, 0.2) is 0 Å². The number of carbonyl (C=O) groups is 1. The molecule has 1 aliphatic heterocycles. The van der Waals surface area contributed by atoms with E-state index < -0.39 is 41.9 Å². The molecule has 0 radical (unpaired) electrons. The molecule has 3 heterocycles. The van der Waals surface area contributed by atoms with Crippen LogP contribution in [0.5, 0.6) is 5.88 Å². The van der Waals surface area contributed by atoms with Gasteiger partial charge >= 0.3 is 12.1 Å². The lowest BCUT2D eigenvalue weighted by atomic mass is 9.85. The number of carboxylic acid groups (broad SMARTS) is 1. The number of nitrogens with zero attached hydrogens (tertiary/aromatic N) is 3. The third-order valence-electron chi connectivity index (χ3n) is 7.86. The van der Waals surface area contributed by atoms with Crippen LogP contribution in [-0.2, 0) is 42.7 Å². The van der Waals surface area contributed by atoms with Gasteiger partial charge in [0.2, 0.25) is 12.3 Å². The molecule has 0 spiro atoms. The molecular formula is C29H31F5N4O3. The number of aryl methyl sites for hydroxylation is 2. The van der Waals surface area contributed by atoms with E-state index >= 15 is 0 Å². The maximum atomic E-state index is 13.8. The number of carboxylic acids is 1. The maximum Gasteiger partial charge on any atom is 0.416 e. The third kappa shape index (κ3) is 6.46. The molecule has 7 nitrogen and oxygen atoms in total. The van der Waals surface area contributed by atoms with Gasteiger partial charge in [-0.1, -0.05) is 12.1 Å². The minimum absolute atomic E-state index is 0.00994. The molecule has 0 amide bonds. The number of ether oxygens (including phenoxy) is 1. The zero-order chi connectivity index (χ0) is 29.4. The van der Waals surface area contributed by atoms with Crippen LogP contribution in [0.2, 0.25) is 0 Å². The van der Waals surface area contributed by atoms with E-state index in [1.165, 1.54) is 16.3 Å². The Morgan fingerprint density at radius 3 is 2.63 bits per heavy atom. The lowest BCUT2D eigenvalue weighted by Gasteiger charge is -2.22. The Bertz CT molecular complexity index is 1420. The number of nitrogens with one attached hydrogen (secondary N) is 1. The Morgan fingerprint density at radius 2 is 1.95 bits per heavy atom. The van der Waals surface area contributed by atoms with Crippen molar-refractivity contribution in [2.24, 2.45) is 7.05 Å². The van der Waals surface area contributed by atoms with Gasteiger partial charge in [-0.05, 0) is 72.9 Å². The quantitative estimate of drug-likeness (QED) is 0.275. The number of anilines is 1. The van der Waals surface area contributed by atoms with Crippen molar-refractivity contribution in [1.82, 2.24) is 14.8 Å². The Hall–Kier alpha value is -3.70. The van der Waals surface area contributed by atoms with Gasteiger partial charge in [0, 0.05) is 31.8 Å². The summed E-state index contributed by atoms with van der Waals surface area (Å²) in [7, 11) is 1.65. The van der Waals surface area contributed by atoms with E-state index in [-0.39, 0.29) is 30.4 Å². The van der Waals surface area contributed by atoms with E-state index in [1.807, 2.05) is 6.07 Å². The number of aliphatic carboxylic acids is 1. The van der Waals surface area contributed by atoms with Crippen LogP contribution >= 0.6 is 0 Å². The Kier molecular flexibility index (Phi) is 7.93. The SMILES string of the molecule is Cn1nc(CC(CC(=O)O)c2cc(C(F)(F)F)cc(C3(C(F)F)CC3)c2)cc1OCCc1ccc2c(n1)NCCC2. The number of alkyl halides is 5. The second kappa shape index (κ2) is 11.3. The number of halogens is 5. The molecule has 41 heavy (non-hydrogen) atoms. The number of rotatable bonds is 11. The molecule has 1 saturated carbocycles. The molecular weight excluding hydrogens is 547 g/mol. The molecule has 220 valence electrons. The molecule has 3 aromatic rings. The highest BCUT2D eigenvalue weighted by Crippen LogP contribution is 2.54. The molecule has 1 fully saturated rings. The number of fused-ring (bicyclic) bond motifs is 1. The first-order chi connectivity index (χ1) is 19.4. The summed E-state index contributed by atoms with van der Waals surface area (Å²) < 4.78 is 76.2.